The van der Waals surface area contributed by atoms with E-state index in [2.05, 4.69) is 0 Å². The first-order valence-electron chi connectivity index (χ1n) is 8.58. The maximum Gasteiger partial charge on any atom is 0.257 e. The molecule has 0 radical (unpaired) electrons. The summed E-state index contributed by atoms with van der Waals surface area (Å²) in [5.41, 5.74) is 0.0762. The molecule has 1 fully saturated rings. The quantitative estimate of drug-likeness (QED) is 0.842. The van der Waals surface area contributed by atoms with Gasteiger partial charge in [0.2, 0.25) is 5.91 Å². The van der Waals surface area contributed by atoms with Crippen molar-refractivity contribution in [3.63, 3.8) is 0 Å². The number of hydrogen-bond donors (Lipinski definition) is 0. The predicted molar refractivity (Wildman–Crippen MR) is 96.1 cm³/mol. The maximum atomic E-state index is 13.0. The van der Waals surface area contributed by atoms with E-state index in [-0.39, 0.29) is 11.8 Å². The number of carbonyl (C=O) groups excluding carboxylic acids is 2. The number of methoxy groups -OCH3 is 2. The minimum absolute atomic E-state index is 0.0965. The van der Waals surface area contributed by atoms with Crippen molar-refractivity contribution in [1.82, 2.24) is 9.80 Å². The zero-order valence-corrected chi connectivity index (χ0v) is 15.8. The van der Waals surface area contributed by atoms with Gasteiger partial charge in [-0.25, -0.2) is 0 Å². The molecule has 1 aromatic rings. The second-order valence-corrected chi connectivity index (χ2v) is 7.25. The Morgan fingerprint density at radius 3 is 2.20 bits per heavy atom. The largest absolute Gasteiger partial charge is 0.497 e. The Morgan fingerprint density at radius 2 is 1.60 bits per heavy atom. The molecule has 1 aliphatic rings. The van der Waals surface area contributed by atoms with Crippen molar-refractivity contribution >= 4 is 11.8 Å². The molecule has 0 atom stereocenters. The molecule has 6 nitrogen and oxygen atoms in total. The van der Waals surface area contributed by atoms with E-state index in [0.717, 1.165) is 6.42 Å². The van der Waals surface area contributed by atoms with E-state index >= 15 is 0 Å². The number of carbonyl (C=O) groups is 2. The number of nitrogens with zero attached hydrogens (tertiary/aromatic N) is 2. The van der Waals surface area contributed by atoms with Crippen LogP contribution >= 0.6 is 0 Å². The van der Waals surface area contributed by atoms with Gasteiger partial charge in [-0.3, -0.25) is 9.59 Å². The van der Waals surface area contributed by atoms with Gasteiger partial charge in [0.1, 0.15) is 11.5 Å². The van der Waals surface area contributed by atoms with Gasteiger partial charge in [0.05, 0.1) is 19.8 Å². The SMILES string of the molecule is COc1ccc(OC)c(C(=O)N2CCCN(C(=O)C(C)(C)C)CC2)c1. The number of ether oxygens (including phenoxy) is 2. The Bertz CT molecular complexity index is 637. The molecule has 1 heterocycles. The van der Waals surface area contributed by atoms with Crippen molar-refractivity contribution in [2.45, 2.75) is 27.2 Å². The van der Waals surface area contributed by atoms with Crippen molar-refractivity contribution in [2.24, 2.45) is 5.41 Å². The van der Waals surface area contributed by atoms with E-state index in [1.54, 1.807) is 37.3 Å². The van der Waals surface area contributed by atoms with E-state index in [0.29, 0.717) is 43.2 Å². The lowest BCUT2D eigenvalue weighted by Gasteiger charge is -2.28. The van der Waals surface area contributed by atoms with Gasteiger partial charge in [0.25, 0.3) is 5.91 Å². The molecule has 1 aromatic carbocycles. The van der Waals surface area contributed by atoms with Crippen LogP contribution in [0, 0.1) is 5.41 Å². The summed E-state index contributed by atoms with van der Waals surface area (Å²) < 4.78 is 10.5. The topological polar surface area (TPSA) is 59.1 Å². The molecular formula is C19H28N2O4. The Balaban J connectivity index is 2.15. The number of rotatable bonds is 3. The lowest BCUT2D eigenvalue weighted by Crippen LogP contribution is -2.42. The van der Waals surface area contributed by atoms with Crippen molar-refractivity contribution in [2.75, 3.05) is 40.4 Å². The molecule has 1 aliphatic heterocycles. The van der Waals surface area contributed by atoms with Crippen molar-refractivity contribution < 1.29 is 19.1 Å². The fraction of sp³-hybridized carbons (Fsp3) is 0.579. The molecule has 2 amide bonds. The van der Waals surface area contributed by atoms with Crippen LogP contribution in [0.15, 0.2) is 18.2 Å². The van der Waals surface area contributed by atoms with Gasteiger partial charge in [0, 0.05) is 31.6 Å². The van der Waals surface area contributed by atoms with Gasteiger partial charge in [-0.1, -0.05) is 20.8 Å². The van der Waals surface area contributed by atoms with Gasteiger partial charge in [-0.05, 0) is 24.6 Å². The zero-order chi connectivity index (χ0) is 18.6. The van der Waals surface area contributed by atoms with E-state index in [1.807, 2.05) is 25.7 Å². The summed E-state index contributed by atoms with van der Waals surface area (Å²) in [6.45, 7) is 8.12. The van der Waals surface area contributed by atoms with Crippen LogP contribution in [0.2, 0.25) is 0 Å². The fourth-order valence-corrected chi connectivity index (χ4v) is 2.95. The van der Waals surface area contributed by atoms with Crippen molar-refractivity contribution in [3.8, 4) is 11.5 Å². The van der Waals surface area contributed by atoms with E-state index in [4.69, 9.17) is 9.47 Å². The van der Waals surface area contributed by atoms with Crippen molar-refractivity contribution in [3.05, 3.63) is 23.8 Å². The van der Waals surface area contributed by atoms with Crippen LogP contribution in [0.4, 0.5) is 0 Å². The maximum absolute atomic E-state index is 13.0. The first-order chi connectivity index (χ1) is 11.8. The Morgan fingerprint density at radius 1 is 0.960 bits per heavy atom. The average Bonchev–Trinajstić information content (AvgIpc) is 2.85. The summed E-state index contributed by atoms with van der Waals surface area (Å²) in [4.78, 5) is 29.1. The monoisotopic (exact) mass is 348 g/mol. The molecule has 0 aliphatic carbocycles. The molecule has 25 heavy (non-hydrogen) atoms. The van der Waals surface area contributed by atoms with Gasteiger partial charge in [-0.15, -0.1) is 0 Å². The van der Waals surface area contributed by atoms with Gasteiger partial charge in [-0.2, -0.15) is 0 Å². The highest BCUT2D eigenvalue weighted by Crippen LogP contribution is 2.26. The van der Waals surface area contributed by atoms with Crippen LogP contribution in [-0.4, -0.2) is 62.0 Å². The van der Waals surface area contributed by atoms with Gasteiger partial charge in [0.15, 0.2) is 0 Å². The average molecular weight is 348 g/mol. The molecule has 138 valence electrons. The third-order valence-corrected chi connectivity index (χ3v) is 4.35. The lowest BCUT2D eigenvalue weighted by molar-refractivity contribution is -0.139. The molecule has 0 N–H and O–H groups in total. The van der Waals surface area contributed by atoms with Crippen LogP contribution in [0.5, 0.6) is 11.5 Å². The normalized spacial score (nSPS) is 15.6. The third-order valence-electron chi connectivity index (χ3n) is 4.35. The summed E-state index contributed by atoms with van der Waals surface area (Å²) >= 11 is 0. The number of benzene rings is 1. The molecule has 6 heteroatoms. The van der Waals surface area contributed by atoms with Crippen LogP contribution in [0.3, 0.4) is 0 Å². The number of hydrogen-bond acceptors (Lipinski definition) is 4. The van der Waals surface area contributed by atoms with Crippen molar-refractivity contribution in [1.29, 1.82) is 0 Å². The molecule has 0 spiro atoms. The van der Waals surface area contributed by atoms with Crippen LogP contribution < -0.4 is 9.47 Å². The molecule has 0 bridgehead atoms. The van der Waals surface area contributed by atoms with Crippen LogP contribution in [0.25, 0.3) is 0 Å². The highest BCUT2D eigenvalue weighted by molar-refractivity contribution is 5.97. The first kappa shape index (κ1) is 19.1. The number of amides is 2. The summed E-state index contributed by atoms with van der Waals surface area (Å²) in [6, 6.07) is 5.20. The summed E-state index contributed by atoms with van der Waals surface area (Å²) in [5.74, 6) is 1.17. The molecular weight excluding hydrogens is 320 g/mol. The summed E-state index contributed by atoms with van der Waals surface area (Å²) in [5, 5.41) is 0. The minimum atomic E-state index is -0.408. The van der Waals surface area contributed by atoms with E-state index in [9.17, 15) is 9.59 Å². The molecule has 1 saturated heterocycles. The highest BCUT2D eigenvalue weighted by atomic mass is 16.5. The highest BCUT2D eigenvalue weighted by Gasteiger charge is 2.30. The zero-order valence-electron chi connectivity index (χ0n) is 15.8. The Hall–Kier alpha value is -2.24. The molecule has 2 rings (SSSR count). The van der Waals surface area contributed by atoms with E-state index in [1.165, 1.54) is 0 Å². The second kappa shape index (κ2) is 7.76. The third kappa shape index (κ3) is 4.44. The summed E-state index contributed by atoms with van der Waals surface area (Å²) in [6.07, 6.45) is 0.764. The minimum Gasteiger partial charge on any atom is -0.497 e. The van der Waals surface area contributed by atoms with Gasteiger partial charge < -0.3 is 19.3 Å². The van der Waals surface area contributed by atoms with Crippen LogP contribution in [0.1, 0.15) is 37.6 Å². The lowest BCUT2D eigenvalue weighted by atomic mass is 9.94. The smallest absolute Gasteiger partial charge is 0.257 e. The van der Waals surface area contributed by atoms with E-state index < -0.39 is 5.41 Å². The molecule has 0 unspecified atom stereocenters. The summed E-state index contributed by atoms with van der Waals surface area (Å²) in [7, 11) is 3.11. The molecule has 0 saturated carbocycles. The predicted octanol–water partition coefficient (Wildman–Crippen LogP) is 2.42. The Labute approximate surface area is 149 Å². The Kier molecular flexibility index (Phi) is 5.93. The van der Waals surface area contributed by atoms with Gasteiger partial charge >= 0.3 is 0 Å². The fourth-order valence-electron chi connectivity index (χ4n) is 2.95. The first-order valence-corrected chi connectivity index (χ1v) is 8.58. The second-order valence-electron chi connectivity index (χ2n) is 7.25. The standard InChI is InChI=1S/C19H28N2O4/c1-19(2,3)18(23)21-10-6-9-20(11-12-21)17(22)15-13-14(24-4)7-8-16(15)25-5/h7-8,13H,6,9-12H2,1-5H3. The molecule has 0 aromatic heterocycles. The van der Waals surface area contributed by atoms with Crippen LogP contribution in [-0.2, 0) is 4.79 Å².